The number of tetrazole rings is 1. The first kappa shape index (κ1) is 18.6. The SMILES string of the molecule is Cc1ccc(-c2nnn(CC(=O)N3CCC[C@@H]3c3ccc4c(c3)OCCO4)n2)cc1. The molecule has 1 atom stereocenters. The lowest BCUT2D eigenvalue weighted by atomic mass is 10.0. The number of carbonyl (C=O) groups excluding carboxylic acids is 1. The predicted octanol–water partition coefficient (Wildman–Crippen LogP) is 2.78. The van der Waals surface area contributed by atoms with Gasteiger partial charge in [0.1, 0.15) is 19.8 Å². The van der Waals surface area contributed by atoms with Crippen LogP contribution in [0.3, 0.4) is 0 Å². The molecular formula is C22H23N5O3. The van der Waals surface area contributed by atoms with E-state index in [4.69, 9.17) is 9.47 Å². The van der Waals surface area contributed by atoms with E-state index in [1.165, 1.54) is 10.4 Å². The molecule has 8 heteroatoms. The van der Waals surface area contributed by atoms with Gasteiger partial charge in [0.15, 0.2) is 11.5 Å². The van der Waals surface area contributed by atoms with E-state index >= 15 is 0 Å². The van der Waals surface area contributed by atoms with Crippen molar-refractivity contribution in [2.24, 2.45) is 0 Å². The van der Waals surface area contributed by atoms with Crippen LogP contribution in [-0.4, -0.2) is 50.8 Å². The Labute approximate surface area is 174 Å². The zero-order valence-corrected chi connectivity index (χ0v) is 16.8. The highest BCUT2D eigenvalue weighted by atomic mass is 16.6. The van der Waals surface area contributed by atoms with Crippen molar-refractivity contribution >= 4 is 5.91 Å². The van der Waals surface area contributed by atoms with Crippen LogP contribution in [0.2, 0.25) is 0 Å². The fourth-order valence-electron chi connectivity index (χ4n) is 4.02. The van der Waals surface area contributed by atoms with Crippen molar-refractivity contribution < 1.29 is 14.3 Å². The van der Waals surface area contributed by atoms with Crippen LogP contribution in [0.15, 0.2) is 42.5 Å². The zero-order valence-electron chi connectivity index (χ0n) is 16.8. The second-order valence-corrected chi connectivity index (χ2v) is 7.66. The number of likely N-dealkylation sites (tertiary alicyclic amines) is 1. The number of rotatable bonds is 4. The lowest BCUT2D eigenvalue weighted by Gasteiger charge is -2.26. The number of nitrogens with zero attached hydrogens (tertiary/aromatic N) is 5. The molecule has 2 aromatic carbocycles. The maximum Gasteiger partial charge on any atom is 0.246 e. The number of carbonyl (C=O) groups is 1. The van der Waals surface area contributed by atoms with Gasteiger partial charge in [-0.05, 0) is 42.7 Å². The van der Waals surface area contributed by atoms with Gasteiger partial charge in [0, 0.05) is 12.1 Å². The van der Waals surface area contributed by atoms with Crippen LogP contribution in [0.1, 0.15) is 30.0 Å². The number of hydrogen-bond donors (Lipinski definition) is 0. The standard InChI is InChI=1S/C22H23N5O3/c1-15-4-6-16(7-5-15)22-23-25-27(24-22)14-21(28)26-10-2-3-18(26)17-8-9-19-20(13-17)30-12-11-29-19/h4-9,13,18H,2-3,10-12,14H2,1H3/t18-/m1/s1. The molecule has 0 N–H and O–H groups in total. The number of amides is 1. The minimum atomic E-state index is -0.0137. The predicted molar refractivity (Wildman–Crippen MR) is 109 cm³/mol. The molecule has 0 spiro atoms. The molecule has 30 heavy (non-hydrogen) atoms. The molecule has 0 saturated carbocycles. The maximum atomic E-state index is 13.0. The summed E-state index contributed by atoms with van der Waals surface area (Å²) < 4.78 is 11.3. The second kappa shape index (κ2) is 7.78. The third kappa shape index (κ3) is 3.60. The van der Waals surface area contributed by atoms with Crippen molar-refractivity contribution in [3.8, 4) is 22.9 Å². The highest BCUT2D eigenvalue weighted by Gasteiger charge is 2.31. The summed E-state index contributed by atoms with van der Waals surface area (Å²) in [6.07, 6.45) is 1.88. The highest BCUT2D eigenvalue weighted by Crippen LogP contribution is 2.38. The van der Waals surface area contributed by atoms with E-state index in [1.807, 2.05) is 54.3 Å². The van der Waals surface area contributed by atoms with Crippen molar-refractivity contribution in [1.29, 1.82) is 0 Å². The third-order valence-electron chi connectivity index (χ3n) is 5.56. The first-order valence-corrected chi connectivity index (χ1v) is 10.2. The van der Waals surface area contributed by atoms with E-state index in [1.54, 1.807) is 0 Å². The summed E-state index contributed by atoms with van der Waals surface area (Å²) in [5, 5.41) is 12.6. The normalized spacial score (nSPS) is 17.9. The Morgan fingerprint density at radius 3 is 2.73 bits per heavy atom. The topological polar surface area (TPSA) is 82.4 Å². The molecule has 0 bridgehead atoms. The Bertz CT molecular complexity index is 1060. The van der Waals surface area contributed by atoms with Crippen LogP contribution in [0.5, 0.6) is 11.5 Å². The third-order valence-corrected chi connectivity index (χ3v) is 5.56. The average Bonchev–Trinajstić information content (AvgIpc) is 3.44. The van der Waals surface area contributed by atoms with Crippen molar-refractivity contribution in [3.05, 3.63) is 53.6 Å². The van der Waals surface area contributed by atoms with Crippen LogP contribution in [0, 0.1) is 6.92 Å². The van der Waals surface area contributed by atoms with E-state index in [0.29, 0.717) is 19.0 Å². The molecule has 1 saturated heterocycles. The molecule has 1 fully saturated rings. The van der Waals surface area contributed by atoms with Gasteiger partial charge in [-0.25, -0.2) is 0 Å². The van der Waals surface area contributed by atoms with Gasteiger partial charge in [0.05, 0.1) is 6.04 Å². The summed E-state index contributed by atoms with van der Waals surface area (Å²) in [6.45, 7) is 3.93. The monoisotopic (exact) mass is 405 g/mol. The fourth-order valence-corrected chi connectivity index (χ4v) is 4.02. The summed E-state index contributed by atoms with van der Waals surface area (Å²) in [5.74, 6) is 2.02. The number of aryl methyl sites for hydroxylation is 1. The smallest absolute Gasteiger partial charge is 0.246 e. The second-order valence-electron chi connectivity index (χ2n) is 7.66. The van der Waals surface area contributed by atoms with Crippen LogP contribution in [0.4, 0.5) is 0 Å². The largest absolute Gasteiger partial charge is 0.486 e. The van der Waals surface area contributed by atoms with Crippen molar-refractivity contribution in [3.63, 3.8) is 0 Å². The summed E-state index contributed by atoms with van der Waals surface area (Å²) in [7, 11) is 0. The zero-order chi connectivity index (χ0) is 20.5. The first-order chi connectivity index (χ1) is 14.7. The fraction of sp³-hybridized carbons (Fsp3) is 0.364. The first-order valence-electron chi connectivity index (χ1n) is 10.2. The van der Waals surface area contributed by atoms with Gasteiger partial charge in [-0.15, -0.1) is 10.2 Å². The Morgan fingerprint density at radius 2 is 1.90 bits per heavy atom. The quantitative estimate of drug-likeness (QED) is 0.664. The minimum absolute atomic E-state index is 0.0137. The van der Waals surface area contributed by atoms with E-state index in [0.717, 1.165) is 42.0 Å². The number of aromatic nitrogens is 4. The van der Waals surface area contributed by atoms with Crippen molar-refractivity contribution in [2.45, 2.75) is 32.4 Å². The molecule has 0 unspecified atom stereocenters. The maximum absolute atomic E-state index is 13.0. The molecule has 0 aliphatic carbocycles. The molecule has 154 valence electrons. The van der Waals surface area contributed by atoms with Gasteiger partial charge in [-0.2, -0.15) is 4.80 Å². The molecule has 2 aliphatic rings. The molecule has 1 amide bonds. The Hall–Kier alpha value is -3.42. The summed E-state index contributed by atoms with van der Waals surface area (Å²) in [5.41, 5.74) is 3.12. The summed E-state index contributed by atoms with van der Waals surface area (Å²) in [4.78, 5) is 16.3. The van der Waals surface area contributed by atoms with Gasteiger partial charge in [-0.3, -0.25) is 4.79 Å². The van der Waals surface area contributed by atoms with Crippen LogP contribution < -0.4 is 9.47 Å². The molecule has 3 aromatic rings. The lowest BCUT2D eigenvalue weighted by molar-refractivity contribution is -0.133. The van der Waals surface area contributed by atoms with E-state index in [9.17, 15) is 4.79 Å². The van der Waals surface area contributed by atoms with Gasteiger partial charge < -0.3 is 14.4 Å². The van der Waals surface area contributed by atoms with E-state index in [2.05, 4.69) is 15.4 Å². The molecule has 2 aliphatic heterocycles. The summed E-state index contributed by atoms with van der Waals surface area (Å²) in [6, 6.07) is 13.9. The van der Waals surface area contributed by atoms with Crippen LogP contribution in [0.25, 0.3) is 11.4 Å². The number of benzene rings is 2. The van der Waals surface area contributed by atoms with Gasteiger partial charge in [0.2, 0.25) is 11.7 Å². The molecule has 0 radical (unpaired) electrons. The van der Waals surface area contributed by atoms with Crippen LogP contribution in [-0.2, 0) is 11.3 Å². The van der Waals surface area contributed by atoms with Gasteiger partial charge >= 0.3 is 0 Å². The summed E-state index contributed by atoms with van der Waals surface area (Å²) >= 11 is 0. The van der Waals surface area contributed by atoms with E-state index in [-0.39, 0.29) is 18.5 Å². The number of fused-ring (bicyclic) bond motifs is 1. The molecule has 8 nitrogen and oxygen atoms in total. The van der Waals surface area contributed by atoms with Crippen LogP contribution >= 0.6 is 0 Å². The van der Waals surface area contributed by atoms with E-state index < -0.39 is 0 Å². The number of hydrogen-bond acceptors (Lipinski definition) is 6. The highest BCUT2D eigenvalue weighted by molar-refractivity contribution is 5.76. The van der Waals surface area contributed by atoms with Crippen molar-refractivity contribution in [2.75, 3.05) is 19.8 Å². The van der Waals surface area contributed by atoms with Gasteiger partial charge in [-0.1, -0.05) is 35.9 Å². The Kier molecular flexibility index (Phi) is 4.82. The Morgan fingerprint density at radius 1 is 1.10 bits per heavy atom. The van der Waals surface area contributed by atoms with Crippen molar-refractivity contribution in [1.82, 2.24) is 25.1 Å². The lowest BCUT2D eigenvalue weighted by Crippen LogP contribution is -2.34. The average molecular weight is 405 g/mol. The molecule has 3 heterocycles. The minimum Gasteiger partial charge on any atom is -0.486 e. The molecule has 5 rings (SSSR count). The number of ether oxygens (including phenoxy) is 2. The Balaban J connectivity index is 1.30. The molecule has 1 aromatic heterocycles. The molecular weight excluding hydrogens is 382 g/mol. The van der Waals surface area contributed by atoms with Gasteiger partial charge in [0.25, 0.3) is 0 Å².